The molecule has 1 aromatic rings. The Balaban J connectivity index is 2.89. The third-order valence-electron chi connectivity index (χ3n) is 2.38. The minimum atomic E-state index is -3.54. The first-order chi connectivity index (χ1) is 8.01. The van der Waals surface area contributed by atoms with E-state index >= 15 is 0 Å². The molecule has 5 nitrogen and oxygen atoms in total. The van der Waals surface area contributed by atoms with Gasteiger partial charge in [-0.2, -0.15) is 0 Å². The van der Waals surface area contributed by atoms with E-state index in [-0.39, 0.29) is 10.8 Å². The summed E-state index contributed by atoms with van der Waals surface area (Å²) in [6.45, 7) is 2.63. The SMILES string of the molecule is COc1ccccc1S(=O)(=O)NCC(C)CN. The molecule has 0 spiro atoms. The number of rotatable bonds is 6. The molecule has 0 aliphatic heterocycles. The highest BCUT2D eigenvalue weighted by molar-refractivity contribution is 7.89. The Hall–Kier alpha value is -1.11. The zero-order valence-electron chi connectivity index (χ0n) is 10.0. The molecule has 0 fully saturated rings. The monoisotopic (exact) mass is 258 g/mol. The van der Waals surface area contributed by atoms with Crippen LogP contribution < -0.4 is 15.2 Å². The van der Waals surface area contributed by atoms with Gasteiger partial charge in [0.1, 0.15) is 10.6 Å². The van der Waals surface area contributed by atoms with Crippen molar-refractivity contribution in [2.75, 3.05) is 20.2 Å². The minimum absolute atomic E-state index is 0.0967. The fraction of sp³-hybridized carbons (Fsp3) is 0.455. The molecule has 1 atom stereocenters. The summed E-state index contributed by atoms with van der Waals surface area (Å²) >= 11 is 0. The van der Waals surface area contributed by atoms with Crippen molar-refractivity contribution in [2.24, 2.45) is 11.7 Å². The molecule has 1 unspecified atom stereocenters. The van der Waals surface area contributed by atoms with E-state index in [2.05, 4.69) is 4.72 Å². The lowest BCUT2D eigenvalue weighted by Crippen LogP contribution is -2.31. The van der Waals surface area contributed by atoms with E-state index < -0.39 is 10.0 Å². The molecule has 0 aromatic heterocycles. The minimum Gasteiger partial charge on any atom is -0.495 e. The highest BCUT2D eigenvalue weighted by Crippen LogP contribution is 2.22. The smallest absolute Gasteiger partial charge is 0.244 e. The van der Waals surface area contributed by atoms with Crippen LogP contribution in [-0.2, 0) is 10.0 Å². The molecule has 0 bridgehead atoms. The molecule has 1 aromatic carbocycles. The van der Waals surface area contributed by atoms with Crippen molar-refractivity contribution in [3.05, 3.63) is 24.3 Å². The summed E-state index contributed by atoms with van der Waals surface area (Å²) < 4.78 is 31.5. The number of hydrogen-bond donors (Lipinski definition) is 2. The molecule has 6 heteroatoms. The van der Waals surface area contributed by atoms with Gasteiger partial charge < -0.3 is 10.5 Å². The molecule has 0 saturated heterocycles. The van der Waals surface area contributed by atoms with Gasteiger partial charge in [0.2, 0.25) is 10.0 Å². The number of sulfonamides is 1. The number of methoxy groups -OCH3 is 1. The lowest BCUT2D eigenvalue weighted by atomic mass is 10.2. The van der Waals surface area contributed by atoms with Gasteiger partial charge in [0, 0.05) is 6.54 Å². The molecule has 0 amide bonds. The quantitative estimate of drug-likeness (QED) is 0.781. The van der Waals surface area contributed by atoms with Crippen LogP contribution in [0.5, 0.6) is 5.75 Å². The van der Waals surface area contributed by atoms with Crippen LogP contribution in [0.3, 0.4) is 0 Å². The summed E-state index contributed by atoms with van der Waals surface area (Å²) in [5.41, 5.74) is 5.44. The number of benzene rings is 1. The van der Waals surface area contributed by atoms with E-state index in [1.807, 2.05) is 6.92 Å². The van der Waals surface area contributed by atoms with Crippen molar-refractivity contribution >= 4 is 10.0 Å². The fourth-order valence-corrected chi connectivity index (χ4v) is 2.59. The first-order valence-corrected chi connectivity index (χ1v) is 6.82. The summed E-state index contributed by atoms with van der Waals surface area (Å²) in [6, 6.07) is 6.50. The lowest BCUT2D eigenvalue weighted by molar-refractivity contribution is 0.402. The van der Waals surface area contributed by atoms with Crippen LogP contribution in [0.25, 0.3) is 0 Å². The fourth-order valence-electron chi connectivity index (χ4n) is 1.25. The Morgan fingerprint density at radius 3 is 2.65 bits per heavy atom. The van der Waals surface area contributed by atoms with Gasteiger partial charge in [-0.1, -0.05) is 19.1 Å². The van der Waals surface area contributed by atoms with E-state index in [1.165, 1.54) is 13.2 Å². The Kier molecular flexibility index (Phi) is 4.92. The maximum atomic E-state index is 12.0. The van der Waals surface area contributed by atoms with Gasteiger partial charge in [-0.05, 0) is 24.6 Å². The molecule has 0 radical (unpaired) electrons. The van der Waals surface area contributed by atoms with Crippen LogP contribution in [0, 0.1) is 5.92 Å². The Bertz CT molecular complexity index is 460. The second-order valence-electron chi connectivity index (χ2n) is 3.84. The highest BCUT2D eigenvalue weighted by Gasteiger charge is 2.18. The third kappa shape index (κ3) is 3.69. The second-order valence-corrected chi connectivity index (χ2v) is 5.58. The average molecular weight is 258 g/mol. The first kappa shape index (κ1) is 14.0. The van der Waals surface area contributed by atoms with Crippen molar-refractivity contribution in [1.29, 1.82) is 0 Å². The maximum Gasteiger partial charge on any atom is 0.244 e. The van der Waals surface area contributed by atoms with E-state index in [4.69, 9.17) is 10.5 Å². The van der Waals surface area contributed by atoms with Crippen LogP contribution in [0.15, 0.2) is 29.2 Å². The van der Waals surface area contributed by atoms with Crippen molar-refractivity contribution in [3.63, 3.8) is 0 Å². The Morgan fingerprint density at radius 2 is 2.06 bits per heavy atom. The van der Waals surface area contributed by atoms with Gasteiger partial charge in [0.05, 0.1) is 7.11 Å². The molecule has 1 rings (SSSR count). The first-order valence-electron chi connectivity index (χ1n) is 5.34. The van der Waals surface area contributed by atoms with Gasteiger partial charge in [-0.15, -0.1) is 0 Å². The van der Waals surface area contributed by atoms with Gasteiger partial charge in [0.15, 0.2) is 0 Å². The summed E-state index contributed by atoms with van der Waals surface area (Å²) in [5.74, 6) is 0.430. The van der Waals surface area contributed by atoms with Crippen LogP contribution in [0.4, 0.5) is 0 Å². The molecule has 0 heterocycles. The normalized spacial score (nSPS) is 13.4. The molecule has 0 saturated carbocycles. The number of para-hydroxylation sites is 1. The van der Waals surface area contributed by atoms with Crippen molar-refractivity contribution in [2.45, 2.75) is 11.8 Å². The predicted octanol–water partition coefficient (Wildman–Crippen LogP) is 0.568. The van der Waals surface area contributed by atoms with E-state index in [9.17, 15) is 8.42 Å². The van der Waals surface area contributed by atoms with Gasteiger partial charge >= 0.3 is 0 Å². The number of nitrogens with one attached hydrogen (secondary N) is 1. The molecule has 0 aliphatic carbocycles. The third-order valence-corrected chi connectivity index (χ3v) is 3.85. The van der Waals surface area contributed by atoms with Gasteiger partial charge in [0.25, 0.3) is 0 Å². The van der Waals surface area contributed by atoms with Crippen molar-refractivity contribution in [1.82, 2.24) is 4.72 Å². The average Bonchev–Trinajstić information content (AvgIpc) is 2.35. The predicted molar refractivity (Wildman–Crippen MR) is 66.4 cm³/mol. The summed E-state index contributed by atoms with van der Waals surface area (Å²) in [6.07, 6.45) is 0. The summed E-state index contributed by atoms with van der Waals surface area (Å²) in [7, 11) is -2.10. The standard InChI is InChI=1S/C11H18N2O3S/c1-9(7-12)8-13-17(14,15)11-6-4-3-5-10(11)16-2/h3-6,9,13H,7-8,12H2,1-2H3. The zero-order chi connectivity index (χ0) is 12.9. The Morgan fingerprint density at radius 1 is 1.41 bits per heavy atom. The molecular weight excluding hydrogens is 240 g/mol. The maximum absolute atomic E-state index is 12.0. The van der Waals surface area contributed by atoms with Crippen LogP contribution in [0.2, 0.25) is 0 Å². The van der Waals surface area contributed by atoms with Gasteiger partial charge in [-0.3, -0.25) is 0 Å². The van der Waals surface area contributed by atoms with Crippen LogP contribution in [0.1, 0.15) is 6.92 Å². The van der Waals surface area contributed by atoms with Crippen molar-refractivity contribution in [3.8, 4) is 5.75 Å². The number of ether oxygens (including phenoxy) is 1. The Labute approximate surface area is 102 Å². The van der Waals surface area contributed by atoms with E-state index in [0.717, 1.165) is 0 Å². The van der Waals surface area contributed by atoms with Crippen LogP contribution in [-0.4, -0.2) is 28.6 Å². The zero-order valence-corrected chi connectivity index (χ0v) is 10.8. The van der Waals surface area contributed by atoms with Gasteiger partial charge in [-0.25, -0.2) is 13.1 Å². The molecular formula is C11H18N2O3S. The second kappa shape index (κ2) is 6.00. The highest BCUT2D eigenvalue weighted by atomic mass is 32.2. The topological polar surface area (TPSA) is 81.4 Å². The molecule has 3 N–H and O–H groups in total. The molecule has 0 aliphatic rings. The largest absolute Gasteiger partial charge is 0.495 e. The van der Waals surface area contributed by atoms with E-state index in [1.54, 1.807) is 18.2 Å². The van der Waals surface area contributed by atoms with Crippen molar-refractivity contribution < 1.29 is 13.2 Å². The lowest BCUT2D eigenvalue weighted by Gasteiger charge is -2.12. The summed E-state index contributed by atoms with van der Waals surface area (Å²) in [5, 5.41) is 0. The molecule has 96 valence electrons. The van der Waals surface area contributed by atoms with E-state index in [0.29, 0.717) is 18.8 Å². The molecule has 17 heavy (non-hydrogen) atoms. The van der Waals surface area contributed by atoms with Crippen LogP contribution >= 0.6 is 0 Å². The summed E-state index contributed by atoms with van der Waals surface area (Å²) in [4.78, 5) is 0.145. The number of hydrogen-bond acceptors (Lipinski definition) is 4. The number of nitrogens with two attached hydrogens (primary N) is 1.